The minimum atomic E-state index is 0.512. The van der Waals surface area contributed by atoms with E-state index in [2.05, 4.69) is 55.4 Å². The van der Waals surface area contributed by atoms with Gasteiger partial charge in [-0.1, -0.05) is 36.4 Å². The predicted molar refractivity (Wildman–Crippen MR) is 107 cm³/mol. The zero-order valence-corrected chi connectivity index (χ0v) is 16.2. The van der Waals surface area contributed by atoms with Gasteiger partial charge in [0, 0.05) is 0 Å². The lowest BCUT2D eigenvalue weighted by Gasteiger charge is -2.58. The average Bonchev–Trinajstić information content (AvgIpc) is 2.57. The van der Waals surface area contributed by atoms with Crippen LogP contribution in [0.5, 0.6) is 0 Å². The molecule has 1 nitrogen and oxygen atoms in total. The van der Waals surface area contributed by atoms with Gasteiger partial charge in [-0.2, -0.15) is 0 Å². The fourth-order valence-corrected chi connectivity index (χ4v) is 6.52. The summed E-state index contributed by atoms with van der Waals surface area (Å²) < 4.78 is 0. The molecule has 0 heterocycles. The number of nitrogens with zero attached hydrogens (tertiary/aromatic N) is 1. The van der Waals surface area contributed by atoms with Crippen LogP contribution in [-0.2, 0) is 0 Å². The molecule has 0 N–H and O–H groups in total. The highest BCUT2D eigenvalue weighted by molar-refractivity contribution is 5.71. The van der Waals surface area contributed by atoms with Gasteiger partial charge in [0.25, 0.3) is 0 Å². The van der Waals surface area contributed by atoms with Gasteiger partial charge < -0.3 is 4.90 Å². The molecule has 25 heavy (non-hydrogen) atoms. The van der Waals surface area contributed by atoms with Crippen molar-refractivity contribution in [3.63, 3.8) is 0 Å². The first kappa shape index (κ1) is 17.3. The Balaban J connectivity index is 1.56. The first-order valence-corrected chi connectivity index (χ1v) is 10.6. The van der Waals surface area contributed by atoms with Crippen molar-refractivity contribution in [1.29, 1.82) is 0 Å². The van der Waals surface area contributed by atoms with E-state index in [-0.39, 0.29) is 0 Å². The Kier molecular flexibility index (Phi) is 5.04. The maximum Gasteiger partial charge on any atom is -0.00247 e. The van der Waals surface area contributed by atoms with E-state index in [1.54, 1.807) is 5.57 Å². The smallest absolute Gasteiger partial charge is 0.00247 e. The Labute approximate surface area is 154 Å². The second kappa shape index (κ2) is 7.27. The molecule has 0 radical (unpaired) electrons. The number of unbranched alkanes of at least 4 members (excludes halogenated alkanes) is 2. The van der Waals surface area contributed by atoms with Crippen LogP contribution >= 0.6 is 0 Å². The van der Waals surface area contributed by atoms with E-state index in [1.165, 1.54) is 69.9 Å². The molecule has 4 bridgehead atoms. The number of hydrogen-bond acceptors (Lipinski definition) is 1. The first-order valence-electron chi connectivity index (χ1n) is 10.6. The van der Waals surface area contributed by atoms with Gasteiger partial charge in [-0.25, -0.2) is 0 Å². The van der Waals surface area contributed by atoms with Gasteiger partial charge >= 0.3 is 0 Å². The first-order chi connectivity index (χ1) is 12.1. The number of hydrogen-bond donors (Lipinski definition) is 0. The highest BCUT2D eigenvalue weighted by Crippen LogP contribution is 2.64. The molecule has 0 aromatic heterocycles. The largest absolute Gasteiger partial charge is 0.309 e. The Hall–Kier alpha value is -1.08. The number of benzene rings is 1. The third kappa shape index (κ3) is 3.72. The summed E-state index contributed by atoms with van der Waals surface area (Å²) in [6.07, 6.45) is 15.5. The molecule has 0 unspecified atom stereocenters. The summed E-state index contributed by atoms with van der Waals surface area (Å²) in [7, 11) is 4.36. The van der Waals surface area contributed by atoms with Crippen LogP contribution in [0.2, 0.25) is 0 Å². The number of allylic oxidation sites excluding steroid dienone is 2. The van der Waals surface area contributed by atoms with Crippen molar-refractivity contribution < 1.29 is 0 Å². The molecule has 4 saturated carbocycles. The van der Waals surface area contributed by atoms with Crippen LogP contribution in [0.25, 0.3) is 5.57 Å². The summed E-state index contributed by atoms with van der Waals surface area (Å²) in [5.41, 5.74) is 3.74. The normalized spacial score (nSPS) is 34.0. The molecule has 1 heteroatoms. The Morgan fingerprint density at radius 3 is 2.12 bits per heavy atom. The molecule has 0 amide bonds. The second-order valence-corrected chi connectivity index (χ2v) is 9.48. The van der Waals surface area contributed by atoms with Gasteiger partial charge in [0.1, 0.15) is 0 Å². The molecule has 0 atom stereocenters. The molecule has 4 aliphatic carbocycles. The topological polar surface area (TPSA) is 3.24 Å². The van der Waals surface area contributed by atoms with Gasteiger partial charge in [0.2, 0.25) is 0 Å². The van der Waals surface area contributed by atoms with Crippen molar-refractivity contribution in [3.8, 4) is 0 Å². The summed E-state index contributed by atoms with van der Waals surface area (Å²) >= 11 is 0. The molecule has 0 aliphatic heterocycles. The highest BCUT2D eigenvalue weighted by atomic mass is 15.0. The van der Waals surface area contributed by atoms with Gasteiger partial charge in [-0.15, -0.1) is 0 Å². The van der Waals surface area contributed by atoms with Gasteiger partial charge in [0.15, 0.2) is 0 Å². The minimum Gasteiger partial charge on any atom is -0.309 e. The lowest BCUT2D eigenvalue weighted by atomic mass is 9.47. The van der Waals surface area contributed by atoms with Crippen molar-refractivity contribution >= 4 is 5.57 Å². The van der Waals surface area contributed by atoms with Crippen LogP contribution in [0.4, 0.5) is 0 Å². The van der Waals surface area contributed by atoms with Crippen LogP contribution in [0.1, 0.15) is 63.4 Å². The summed E-state index contributed by atoms with van der Waals surface area (Å²) in [6, 6.07) is 11.4. The zero-order chi connectivity index (χ0) is 17.3. The fraction of sp³-hybridized carbons (Fsp3) is 0.667. The Bertz CT molecular complexity index is 562. The van der Waals surface area contributed by atoms with Crippen LogP contribution in [0.3, 0.4) is 0 Å². The summed E-state index contributed by atoms with van der Waals surface area (Å²) in [4.78, 5) is 2.31. The van der Waals surface area contributed by atoms with Crippen molar-refractivity contribution in [2.75, 3.05) is 20.6 Å². The lowest BCUT2D eigenvalue weighted by molar-refractivity contribution is -0.0178. The molecule has 5 rings (SSSR count). The molecule has 4 aliphatic rings. The van der Waals surface area contributed by atoms with Crippen molar-refractivity contribution in [3.05, 3.63) is 42.0 Å². The Morgan fingerprint density at radius 1 is 0.960 bits per heavy atom. The van der Waals surface area contributed by atoms with Crippen LogP contribution in [0.15, 0.2) is 36.4 Å². The molecule has 136 valence electrons. The van der Waals surface area contributed by atoms with Crippen molar-refractivity contribution in [2.45, 2.75) is 57.8 Å². The molecule has 0 spiro atoms. The average molecular weight is 338 g/mol. The summed E-state index contributed by atoms with van der Waals surface area (Å²) in [6.45, 7) is 1.21. The monoisotopic (exact) mass is 337 g/mol. The van der Waals surface area contributed by atoms with E-state index in [0.717, 1.165) is 17.8 Å². The van der Waals surface area contributed by atoms with Crippen LogP contribution in [0, 0.1) is 23.2 Å². The highest BCUT2D eigenvalue weighted by Gasteiger charge is 2.52. The third-order valence-corrected chi connectivity index (χ3v) is 7.10. The second-order valence-electron chi connectivity index (χ2n) is 9.48. The Morgan fingerprint density at radius 2 is 1.56 bits per heavy atom. The zero-order valence-electron chi connectivity index (χ0n) is 16.2. The van der Waals surface area contributed by atoms with Crippen LogP contribution < -0.4 is 0 Å². The molecule has 0 saturated heterocycles. The summed E-state index contributed by atoms with van der Waals surface area (Å²) in [5, 5.41) is 0. The van der Waals surface area contributed by atoms with E-state index in [9.17, 15) is 0 Å². The quantitative estimate of drug-likeness (QED) is 0.550. The van der Waals surface area contributed by atoms with E-state index in [4.69, 9.17) is 0 Å². The predicted octanol–water partition coefficient (Wildman–Crippen LogP) is 6.02. The van der Waals surface area contributed by atoms with E-state index >= 15 is 0 Å². The standard InChI is InChI=1S/C24H35N/c1-25(2)12-8-4-7-11-23(22-9-5-3-6-10-22)24-16-19-13-20(17-24)15-21(14-19)18-24/h3,5-6,9-11,19-21H,4,7-8,12-18H2,1-2H3/b23-11+. The van der Waals surface area contributed by atoms with E-state index in [0.29, 0.717) is 5.41 Å². The maximum atomic E-state index is 2.65. The van der Waals surface area contributed by atoms with E-state index in [1.807, 2.05) is 0 Å². The molecular weight excluding hydrogens is 302 g/mol. The van der Waals surface area contributed by atoms with Gasteiger partial charge in [-0.3, -0.25) is 0 Å². The molecule has 4 fully saturated rings. The maximum absolute atomic E-state index is 2.65. The van der Waals surface area contributed by atoms with Gasteiger partial charge in [-0.05, 0) is 113 Å². The van der Waals surface area contributed by atoms with Crippen molar-refractivity contribution in [1.82, 2.24) is 4.90 Å². The molecule has 1 aromatic carbocycles. The van der Waals surface area contributed by atoms with Crippen molar-refractivity contribution in [2.24, 2.45) is 23.2 Å². The van der Waals surface area contributed by atoms with E-state index < -0.39 is 0 Å². The fourth-order valence-electron chi connectivity index (χ4n) is 6.52. The minimum absolute atomic E-state index is 0.512. The van der Waals surface area contributed by atoms with Crippen LogP contribution in [-0.4, -0.2) is 25.5 Å². The number of rotatable bonds is 7. The van der Waals surface area contributed by atoms with Gasteiger partial charge in [0.05, 0.1) is 0 Å². The molecular formula is C24H35N. The third-order valence-electron chi connectivity index (χ3n) is 7.10. The SMILES string of the molecule is CN(C)CCCC/C=C(\c1ccccc1)C12CC3CC(CC(C3)C1)C2. The lowest BCUT2D eigenvalue weighted by Crippen LogP contribution is -2.46. The summed E-state index contributed by atoms with van der Waals surface area (Å²) in [5.74, 6) is 3.06. The molecule has 1 aromatic rings.